The van der Waals surface area contributed by atoms with Crippen LogP contribution < -0.4 is 10.2 Å². The van der Waals surface area contributed by atoms with Gasteiger partial charge in [-0.05, 0) is 61.4 Å². The van der Waals surface area contributed by atoms with E-state index in [1.807, 2.05) is 32.0 Å². The van der Waals surface area contributed by atoms with Crippen molar-refractivity contribution in [3.05, 3.63) is 74.4 Å². The van der Waals surface area contributed by atoms with Crippen LogP contribution in [0.2, 0.25) is 15.1 Å². The number of amides is 1. The highest BCUT2D eigenvalue weighted by molar-refractivity contribution is 6.44. The Hall–Kier alpha value is -2.47. The Bertz CT molecular complexity index is 1060. The van der Waals surface area contributed by atoms with E-state index in [4.69, 9.17) is 44.0 Å². The second-order valence-electron chi connectivity index (χ2n) is 6.35. The molecular weight excluding hydrogens is 435 g/mol. The number of aryl methyl sites for hydroxylation is 2. The molecule has 0 atom stereocenters. The summed E-state index contributed by atoms with van der Waals surface area (Å²) in [5, 5.41) is 5.01. The van der Waals surface area contributed by atoms with E-state index in [2.05, 4.69) is 10.5 Å². The van der Waals surface area contributed by atoms with Crippen LogP contribution in [0.25, 0.3) is 11.3 Å². The molecule has 1 amide bonds. The average Bonchev–Trinajstić information content (AvgIpc) is 3.11. The third-order valence-electron chi connectivity index (χ3n) is 3.85. The number of hydrazone groups is 1. The first-order chi connectivity index (χ1) is 13.8. The highest BCUT2D eigenvalue weighted by Gasteiger charge is 2.11. The first-order valence-corrected chi connectivity index (χ1v) is 9.73. The summed E-state index contributed by atoms with van der Waals surface area (Å²) in [6.07, 6.45) is 1.38. The van der Waals surface area contributed by atoms with Crippen LogP contribution in [0.15, 0.2) is 52.0 Å². The van der Waals surface area contributed by atoms with Crippen LogP contribution in [-0.4, -0.2) is 18.7 Å². The number of nitrogens with zero attached hydrogens (tertiary/aromatic N) is 1. The molecule has 1 aromatic heterocycles. The maximum absolute atomic E-state index is 11.9. The Kier molecular flexibility index (Phi) is 6.85. The minimum atomic E-state index is -0.389. The fraction of sp³-hybridized carbons (Fsp3) is 0.143. The molecule has 1 N–H and O–H groups in total. The van der Waals surface area contributed by atoms with Crippen molar-refractivity contribution in [3.8, 4) is 17.1 Å². The predicted molar refractivity (Wildman–Crippen MR) is 116 cm³/mol. The van der Waals surface area contributed by atoms with Crippen molar-refractivity contribution in [3.63, 3.8) is 0 Å². The third-order valence-corrected chi connectivity index (χ3v) is 4.88. The Balaban J connectivity index is 1.57. The van der Waals surface area contributed by atoms with Crippen LogP contribution in [-0.2, 0) is 4.79 Å². The molecule has 0 saturated heterocycles. The highest BCUT2D eigenvalue weighted by atomic mass is 35.5. The summed E-state index contributed by atoms with van der Waals surface area (Å²) < 4.78 is 11.1. The first-order valence-electron chi connectivity index (χ1n) is 8.59. The molecule has 0 aliphatic carbocycles. The lowest BCUT2D eigenvalue weighted by Gasteiger charge is -2.07. The van der Waals surface area contributed by atoms with E-state index in [9.17, 15) is 4.79 Å². The molecule has 0 spiro atoms. The Labute approximate surface area is 183 Å². The molecule has 2 aromatic carbocycles. The van der Waals surface area contributed by atoms with E-state index in [0.29, 0.717) is 37.9 Å². The van der Waals surface area contributed by atoms with Gasteiger partial charge in [0, 0.05) is 5.56 Å². The highest BCUT2D eigenvalue weighted by Crippen LogP contribution is 2.35. The molecule has 5 nitrogen and oxygen atoms in total. The number of benzene rings is 2. The molecule has 0 aliphatic heterocycles. The summed E-state index contributed by atoms with van der Waals surface area (Å²) in [6, 6.07) is 12.3. The van der Waals surface area contributed by atoms with Gasteiger partial charge in [0.1, 0.15) is 17.3 Å². The molecule has 8 heteroatoms. The van der Waals surface area contributed by atoms with Crippen molar-refractivity contribution >= 4 is 46.9 Å². The molecular formula is C21H17Cl3N2O3. The van der Waals surface area contributed by atoms with Crippen molar-refractivity contribution in [2.24, 2.45) is 5.10 Å². The molecule has 150 valence electrons. The minimum Gasteiger partial charge on any atom is -0.484 e. The zero-order chi connectivity index (χ0) is 21.0. The van der Waals surface area contributed by atoms with Crippen LogP contribution in [0.4, 0.5) is 0 Å². The van der Waals surface area contributed by atoms with Crippen LogP contribution in [0.5, 0.6) is 5.75 Å². The number of hydrogen-bond donors (Lipinski definition) is 1. The summed E-state index contributed by atoms with van der Waals surface area (Å²) in [4.78, 5) is 11.9. The van der Waals surface area contributed by atoms with E-state index in [-0.39, 0.29) is 12.5 Å². The smallest absolute Gasteiger partial charge is 0.277 e. The van der Waals surface area contributed by atoms with Gasteiger partial charge in [-0.25, -0.2) is 5.43 Å². The van der Waals surface area contributed by atoms with E-state index >= 15 is 0 Å². The number of rotatable bonds is 6. The van der Waals surface area contributed by atoms with Gasteiger partial charge in [0.2, 0.25) is 0 Å². The first kappa shape index (κ1) is 21.2. The maximum Gasteiger partial charge on any atom is 0.277 e. The predicted octanol–water partition coefficient (Wildman–Crippen LogP) is 6.05. The lowest BCUT2D eigenvalue weighted by Crippen LogP contribution is -2.24. The molecule has 0 bridgehead atoms. The summed E-state index contributed by atoms with van der Waals surface area (Å²) >= 11 is 18.2. The normalized spacial score (nSPS) is 11.1. The molecule has 0 radical (unpaired) electrons. The molecule has 0 aliphatic rings. The quantitative estimate of drug-likeness (QED) is 0.282. The maximum atomic E-state index is 11.9. The number of ether oxygens (including phenoxy) is 1. The van der Waals surface area contributed by atoms with Gasteiger partial charge in [-0.1, -0.05) is 40.9 Å². The topological polar surface area (TPSA) is 63.8 Å². The zero-order valence-electron chi connectivity index (χ0n) is 15.6. The SMILES string of the molecule is Cc1cc(C)cc(OCC(=O)N/N=C/c2ccc(-c3cc(Cl)c(Cl)cc3Cl)o2)c1. The van der Waals surface area contributed by atoms with Crippen LogP contribution in [0, 0.1) is 13.8 Å². The van der Waals surface area contributed by atoms with Crippen LogP contribution in [0.1, 0.15) is 16.9 Å². The molecule has 3 aromatic rings. The second kappa shape index (κ2) is 9.35. The Morgan fingerprint density at radius 1 is 1.03 bits per heavy atom. The summed E-state index contributed by atoms with van der Waals surface area (Å²) in [5.41, 5.74) is 5.12. The average molecular weight is 452 g/mol. The number of nitrogens with one attached hydrogen (secondary N) is 1. The monoisotopic (exact) mass is 450 g/mol. The van der Waals surface area contributed by atoms with E-state index in [0.717, 1.165) is 11.1 Å². The lowest BCUT2D eigenvalue weighted by molar-refractivity contribution is -0.123. The second-order valence-corrected chi connectivity index (χ2v) is 7.58. The van der Waals surface area contributed by atoms with Crippen molar-refractivity contribution in [1.29, 1.82) is 0 Å². The van der Waals surface area contributed by atoms with Gasteiger partial charge in [0.05, 0.1) is 21.3 Å². The van der Waals surface area contributed by atoms with Gasteiger partial charge < -0.3 is 9.15 Å². The van der Waals surface area contributed by atoms with Crippen LogP contribution in [0.3, 0.4) is 0 Å². The Morgan fingerprint density at radius 3 is 2.45 bits per heavy atom. The van der Waals surface area contributed by atoms with Crippen molar-refractivity contribution < 1.29 is 13.9 Å². The fourth-order valence-electron chi connectivity index (χ4n) is 2.64. The zero-order valence-corrected chi connectivity index (χ0v) is 17.9. The summed E-state index contributed by atoms with van der Waals surface area (Å²) in [7, 11) is 0. The Morgan fingerprint density at radius 2 is 1.72 bits per heavy atom. The van der Waals surface area contributed by atoms with E-state index < -0.39 is 0 Å². The largest absolute Gasteiger partial charge is 0.484 e. The number of furan rings is 1. The molecule has 29 heavy (non-hydrogen) atoms. The van der Waals surface area contributed by atoms with Gasteiger partial charge >= 0.3 is 0 Å². The number of hydrogen-bond acceptors (Lipinski definition) is 4. The molecule has 0 unspecified atom stereocenters. The van der Waals surface area contributed by atoms with Gasteiger partial charge in [0.15, 0.2) is 6.61 Å². The number of carbonyl (C=O) groups is 1. The molecule has 1 heterocycles. The van der Waals surface area contributed by atoms with Crippen molar-refractivity contribution in [1.82, 2.24) is 5.43 Å². The summed E-state index contributed by atoms with van der Waals surface area (Å²) in [6.45, 7) is 3.78. The van der Waals surface area contributed by atoms with Gasteiger partial charge in [0.25, 0.3) is 5.91 Å². The molecule has 0 saturated carbocycles. The van der Waals surface area contributed by atoms with Gasteiger partial charge in [-0.2, -0.15) is 5.10 Å². The minimum absolute atomic E-state index is 0.150. The number of carbonyl (C=O) groups excluding carboxylic acids is 1. The van der Waals surface area contributed by atoms with E-state index in [1.165, 1.54) is 6.21 Å². The molecule has 0 fully saturated rings. The third kappa shape index (κ3) is 5.76. The van der Waals surface area contributed by atoms with Gasteiger partial charge in [-0.3, -0.25) is 4.79 Å². The van der Waals surface area contributed by atoms with Crippen molar-refractivity contribution in [2.75, 3.05) is 6.61 Å². The summed E-state index contributed by atoms with van der Waals surface area (Å²) in [5.74, 6) is 1.17. The lowest BCUT2D eigenvalue weighted by atomic mass is 10.1. The standard InChI is InChI=1S/C21H17Cl3N2O3/c1-12-5-13(2)7-15(6-12)28-11-21(27)26-25-10-14-3-4-20(29-14)16-8-18(23)19(24)9-17(16)22/h3-10H,11H2,1-2H3,(H,26,27)/b25-10+. The van der Waals surface area contributed by atoms with Crippen molar-refractivity contribution in [2.45, 2.75) is 13.8 Å². The molecule has 3 rings (SSSR count). The van der Waals surface area contributed by atoms with Gasteiger partial charge in [-0.15, -0.1) is 0 Å². The van der Waals surface area contributed by atoms with E-state index in [1.54, 1.807) is 24.3 Å². The number of halogens is 3. The fourth-order valence-corrected chi connectivity index (χ4v) is 3.28. The van der Waals surface area contributed by atoms with Crippen LogP contribution >= 0.6 is 34.8 Å².